The lowest BCUT2D eigenvalue weighted by Crippen LogP contribution is -2.06. The first kappa shape index (κ1) is 24.3. The topological polar surface area (TPSA) is 56.3 Å². The molecule has 0 atom stereocenters. The Morgan fingerprint density at radius 1 is 0.786 bits per heavy atom. The molecule has 0 amide bonds. The van der Waals surface area contributed by atoms with Gasteiger partial charge in [0.1, 0.15) is 12.4 Å². The molecule has 1 heterocycles. The number of Topliss-reactive ketones (excluding diaryl/α,β-unsaturated/α-hetero) is 1. The highest BCUT2D eigenvalue weighted by atomic mass is 16.5. The second kappa shape index (κ2) is 17.4. The van der Waals surface area contributed by atoms with Gasteiger partial charge < -0.3 is 4.74 Å². The molecule has 0 fully saturated rings. The minimum atomic E-state index is -0.256. The van der Waals surface area contributed by atoms with E-state index in [0.29, 0.717) is 25.7 Å². The van der Waals surface area contributed by atoms with Gasteiger partial charge in [0.25, 0.3) is 0 Å². The highest BCUT2D eigenvalue weighted by Crippen LogP contribution is 2.13. The lowest BCUT2D eigenvalue weighted by atomic mass is 10.0. The van der Waals surface area contributed by atoms with Gasteiger partial charge in [0, 0.05) is 25.5 Å². The fourth-order valence-electron chi connectivity index (χ4n) is 3.25. The minimum Gasteiger partial charge on any atom is -0.459 e. The molecule has 1 rings (SSSR count). The molecular formula is C24H39NO3. The van der Waals surface area contributed by atoms with Crippen LogP contribution in [-0.2, 0) is 20.9 Å². The van der Waals surface area contributed by atoms with Crippen LogP contribution >= 0.6 is 0 Å². The van der Waals surface area contributed by atoms with Crippen LogP contribution in [0.15, 0.2) is 24.4 Å². The Kier molecular flexibility index (Phi) is 15.1. The van der Waals surface area contributed by atoms with Gasteiger partial charge in [0.2, 0.25) is 0 Å². The van der Waals surface area contributed by atoms with E-state index in [1.165, 1.54) is 57.8 Å². The zero-order valence-corrected chi connectivity index (χ0v) is 17.8. The van der Waals surface area contributed by atoms with Crippen molar-refractivity contribution in [3.8, 4) is 0 Å². The highest BCUT2D eigenvalue weighted by Gasteiger charge is 2.07. The first-order valence-electron chi connectivity index (χ1n) is 11.3. The SMILES string of the molecule is CCCCCCCCCCCCCC(=O)CCCC(=O)OCc1ccccn1. The van der Waals surface area contributed by atoms with Crippen LogP contribution in [0.5, 0.6) is 0 Å². The van der Waals surface area contributed by atoms with Crippen LogP contribution in [0.1, 0.15) is 109 Å². The van der Waals surface area contributed by atoms with Crippen molar-refractivity contribution in [3.63, 3.8) is 0 Å². The lowest BCUT2D eigenvalue weighted by molar-refractivity contribution is -0.145. The number of nitrogens with zero attached hydrogens (tertiary/aromatic N) is 1. The van der Waals surface area contributed by atoms with Gasteiger partial charge in [-0.05, 0) is 25.0 Å². The molecule has 158 valence electrons. The molecule has 0 spiro atoms. The summed E-state index contributed by atoms with van der Waals surface area (Å²) >= 11 is 0. The summed E-state index contributed by atoms with van der Waals surface area (Å²) < 4.78 is 5.17. The fourth-order valence-corrected chi connectivity index (χ4v) is 3.25. The standard InChI is InChI=1S/C24H39NO3/c1-2-3-4-5-6-7-8-9-10-11-12-17-23(26)18-15-19-24(27)28-21-22-16-13-14-20-25-22/h13-14,16,20H,2-12,15,17-19,21H2,1H3. The van der Waals surface area contributed by atoms with Crippen LogP contribution in [0.4, 0.5) is 0 Å². The molecule has 0 bridgehead atoms. The third kappa shape index (κ3) is 14.4. The number of carbonyl (C=O) groups is 2. The second-order valence-electron chi connectivity index (χ2n) is 7.66. The maximum atomic E-state index is 11.9. The molecule has 0 saturated carbocycles. The summed E-state index contributed by atoms with van der Waals surface area (Å²) in [5, 5.41) is 0. The minimum absolute atomic E-state index is 0.201. The zero-order chi connectivity index (χ0) is 20.3. The molecule has 28 heavy (non-hydrogen) atoms. The Morgan fingerprint density at radius 3 is 2.00 bits per heavy atom. The van der Waals surface area contributed by atoms with Crippen molar-refractivity contribution in [3.05, 3.63) is 30.1 Å². The smallest absolute Gasteiger partial charge is 0.306 e. The Hall–Kier alpha value is -1.71. The van der Waals surface area contributed by atoms with Gasteiger partial charge >= 0.3 is 5.97 Å². The van der Waals surface area contributed by atoms with Gasteiger partial charge in [-0.15, -0.1) is 0 Å². The fraction of sp³-hybridized carbons (Fsp3) is 0.708. The zero-order valence-electron chi connectivity index (χ0n) is 17.8. The maximum Gasteiger partial charge on any atom is 0.306 e. The molecule has 0 radical (unpaired) electrons. The van der Waals surface area contributed by atoms with Crippen molar-refractivity contribution in [2.45, 2.75) is 110 Å². The number of aromatic nitrogens is 1. The number of rotatable bonds is 18. The molecule has 0 aliphatic heterocycles. The van der Waals surface area contributed by atoms with E-state index in [1.807, 2.05) is 18.2 Å². The number of hydrogen-bond donors (Lipinski definition) is 0. The predicted octanol–water partition coefficient (Wildman–Crippen LogP) is 6.57. The lowest BCUT2D eigenvalue weighted by Gasteiger charge is -2.05. The number of pyridine rings is 1. The van der Waals surface area contributed by atoms with E-state index in [0.717, 1.165) is 18.5 Å². The normalized spacial score (nSPS) is 10.8. The molecule has 1 aromatic rings. The van der Waals surface area contributed by atoms with E-state index in [9.17, 15) is 9.59 Å². The molecule has 0 unspecified atom stereocenters. The second-order valence-corrected chi connectivity index (χ2v) is 7.66. The Morgan fingerprint density at radius 2 is 1.39 bits per heavy atom. The van der Waals surface area contributed by atoms with E-state index in [1.54, 1.807) is 6.20 Å². The van der Waals surface area contributed by atoms with Gasteiger partial charge in [-0.25, -0.2) is 0 Å². The van der Waals surface area contributed by atoms with Crippen LogP contribution in [0, 0.1) is 0 Å². The summed E-state index contributed by atoms with van der Waals surface area (Å²) in [6.07, 6.45) is 17.9. The molecule has 0 saturated heterocycles. The van der Waals surface area contributed by atoms with Gasteiger partial charge in [-0.2, -0.15) is 0 Å². The number of carbonyl (C=O) groups excluding carboxylic acids is 2. The van der Waals surface area contributed by atoms with Crippen LogP contribution in [-0.4, -0.2) is 16.7 Å². The molecule has 4 heteroatoms. The van der Waals surface area contributed by atoms with Gasteiger partial charge in [0.15, 0.2) is 0 Å². The Labute approximate surface area is 171 Å². The van der Waals surface area contributed by atoms with Crippen molar-refractivity contribution in [1.82, 2.24) is 4.98 Å². The quantitative estimate of drug-likeness (QED) is 0.210. The third-order valence-electron chi connectivity index (χ3n) is 5.00. The molecule has 0 aliphatic carbocycles. The third-order valence-corrected chi connectivity index (χ3v) is 5.00. The van der Waals surface area contributed by atoms with E-state index < -0.39 is 0 Å². The number of ether oxygens (including phenoxy) is 1. The molecule has 4 nitrogen and oxygen atoms in total. The first-order chi connectivity index (χ1) is 13.7. The summed E-state index contributed by atoms with van der Waals surface area (Å²) in [6.45, 7) is 2.45. The first-order valence-corrected chi connectivity index (χ1v) is 11.3. The van der Waals surface area contributed by atoms with Crippen LogP contribution < -0.4 is 0 Å². The van der Waals surface area contributed by atoms with Crippen LogP contribution in [0.3, 0.4) is 0 Å². The monoisotopic (exact) mass is 389 g/mol. The summed E-state index contributed by atoms with van der Waals surface area (Å²) in [7, 11) is 0. The van der Waals surface area contributed by atoms with Crippen molar-refractivity contribution < 1.29 is 14.3 Å². The van der Waals surface area contributed by atoms with Crippen molar-refractivity contribution >= 4 is 11.8 Å². The summed E-state index contributed by atoms with van der Waals surface area (Å²) in [6, 6.07) is 5.51. The summed E-state index contributed by atoms with van der Waals surface area (Å²) in [5.74, 6) is 0.0154. The van der Waals surface area contributed by atoms with E-state index in [-0.39, 0.29) is 18.4 Å². The Bertz CT molecular complexity index is 516. The molecule has 0 aromatic carbocycles. The van der Waals surface area contributed by atoms with E-state index >= 15 is 0 Å². The maximum absolute atomic E-state index is 11.9. The molecular weight excluding hydrogens is 350 g/mol. The number of unbranched alkanes of at least 4 members (excludes halogenated alkanes) is 10. The van der Waals surface area contributed by atoms with Crippen molar-refractivity contribution in [2.75, 3.05) is 0 Å². The van der Waals surface area contributed by atoms with Crippen LogP contribution in [0.2, 0.25) is 0 Å². The number of ketones is 1. The van der Waals surface area contributed by atoms with Gasteiger partial charge in [-0.1, -0.05) is 77.2 Å². The largest absolute Gasteiger partial charge is 0.459 e. The van der Waals surface area contributed by atoms with Crippen molar-refractivity contribution in [2.24, 2.45) is 0 Å². The number of esters is 1. The average molecular weight is 390 g/mol. The summed E-state index contributed by atoms with van der Waals surface area (Å²) in [5.41, 5.74) is 0.739. The average Bonchev–Trinajstić information content (AvgIpc) is 2.71. The van der Waals surface area contributed by atoms with Gasteiger partial charge in [0.05, 0.1) is 5.69 Å². The predicted molar refractivity (Wildman–Crippen MR) is 114 cm³/mol. The van der Waals surface area contributed by atoms with E-state index in [2.05, 4.69) is 11.9 Å². The van der Waals surface area contributed by atoms with Crippen molar-refractivity contribution in [1.29, 1.82) is 0 Å². The molecule has 0 N–H and O–H groups in total. The van der Waals surface area contributed by atoms with Crippen LogP contribution in [0.25, 0.3) is 0 Å². The van der Waals surface area contributed by atoms with Gasteiger partial charge in [-0.3, -0.25) is 14.6 Å². The van der Waals surface area contributed by atoms with E-state index in [4.69, 9.17) is 4.74 Å². The highest BCUT2D eigenvalue weighted by molar-refractivity contribution is 5.79. The number of hydrogen-bond acceptors (Lipinski definition) is 4. The summed E-state index contributed by atoms with van der Waals surface area (Å²) in [4.78, 5) is 27.7. The Balaban J connectivity index is 1.87. The molecule has 1 aromatic heterocycles. The molecule has 0 aliphatic rings.